The van der Waals surface area contributed by atoms with E-state index in [0.717, 1.165) is 24.4 Å². The molecule has 0 heterocycles. The van der Waals surface area contributed by atoms with Crippen LogP contribution in [0.25, 0.3) is 0 Å². The predicted octanol–water partition coefficient (Wildman–Crippen LogP) is 3.59. The van der Waals surface area contributed by atoms with E-state index in [4.69, 9.17) is 0 Å². The molecular formula is C13H27N. The van der Waals surface area contributed by atoms with Crippen molar-refractivity contribution in [3.63, 3.8) is 0 Å². The average molecular weight is 197 g/mol. The summed E-state index contributed by atoms with van der Waals surface area (Å²) in [4.78, 5) is 0. The van der Waals surface area contributed by atoms with Gasteiger partial charge >= 0.3 is 0 Å². The van der Waals surface area contributed by atoms with E-state index in [0.29, 0.717) is 0 Å². The summed E-state index contributed by atoms with van der Waals surface area (Å²) < 4.78 is 0. The first kappa shape index (κ1) is 12.0. The Kier molecular flexibility index (Phi) is 5.54. The lowest BCUT2D eigenvalue weighted by atomic mass is 9.90. The van der Waals surface area contributed by atoms with Gasteiger partial charge in [-0.25, -0.2) is 0 Å². The average Bonchev–Trinajstić information content (AvgIpc) is 2.51. The molecule has 0 saturated heterocycles. The predicted molar refractivity (Wildman–Crippen MR) is 63.5 cm³/mol. The van der Waals surface area contributed by atoms with Crippen molar-refractivity contribution < 1.29 is 0 Å². The fourth-order valence-electron chi connectivity index (χ4n) is 2.86. The van der Waals surface area contributed by atoms with Crippen LogP contribution in [0.5, 0.6) is 0 Å². The number of unbranched alkanes of at least 4 members (excludes halogenated alkanes) is 2. The molecule has 1 rings (SSSR count). The van der Waals surface area contributed by atoms with Gasteiger partial charge in [0.15, 0.2) is 0 Å². The molecule has 0 aliphatic heterocycles. The third-order valence-electron chi connectivity index (χ3n) is 3.87. The Labute approximate surface area is 89.7 Å². The first-order valence-electron chi connectivity index (χ1n) is 6.53. The molecule has 1 aliphatic rings. The maximum atomic E-state index is 3.61. The zero-order chi connectivity index (χ0) is 10.4. The second kappa shape index (κ2) is 6.44. The Balaban J connectivity index is 2.21. The summed E-state index contributed by atoms with van der Waals surface area (Å²) in [6, 6.07) is 0.812. The Morgan fingerprint density at radius 1 is 1.14 bits per heavy atom. The van der Waals surface area contributed by atoms with Crippen molar-refractivity contribution in [3.8, 4) is 0 Å². The van der Waals surface area contributed by atoms with Gasteiger partial charge in [-0.15, -0.1) is 0 Å². The minimum Gasteiger partial charge on any atom is -0.314 e. The Morgan fingerprint density at radius 3 is 2.57 bits per heavy atom. The highest BCUT2D eigenvalue weighted by molar-refractivity contribution is 4.86. The molecular weight excluding hydrogens is 170 g/mol. The maximum Gasteiger partial charge on any atom is 0.00953 e. The third kappa shape index (κ3) is 3.27. The molecule has 0 aromatic heterocycles. The smallest absolute Gasteiger partial charge is 0.00953 e. The van der Waals surface area contributed by atoms with Crippen LogP contribution in [0, 0.1) is 11.8 Å². The lowest BCUT2D eigenvalue weighted by molar-refractivity contribution is 0.332. The summed E-state index contributed by atoms with van der Waals surface area (Å²) in [7, 11) is 0. The van der Waals surface area contributed by atoms with Crippen molar-refractivity contribution in [2.45, 2.75) is 65.3 Å². The highest BCUT2D eigenvalue weighted by atomic mass is 14.9. The topological polar surface area (TPSA) is 12.0 Å². The lowest BCUT2D eigenvalue weighted by Crippen LogP contribution is -2.32. The summed E-state index contributed by atoms with van der Waals surface area (Å²) in [5.41, 5.74) is 0. The highest BCUT2D eigenvalue weighted by Crippen LogP contribution is 2.35. The van der Waals surface area contributed by atoms with Crippen molar-refractivity contribution in [1.82, 2.24) is 5.32 Å². The maximum absolute atomic E-state index is 3.61. The molecule has 1 N–H and O–H groups in total. The fraction of sp³-hybridized carbons (Fsp3) is 1.00. The fourth-order valence-corrected chi connectivity index (χ4v) is 2.86. The monoisotopic (exact) mass is 197 g/mol. The molecule has 1 fully saturated rings. The van der Waals surface area contributed by atoms with E-state index in [1.54, 1.807) is 0 Å². The Bertz CT molecular complexity index is 144. The van der Waals surface area contributed by atoms with E-state index < -0.39 is 0 Å². The number of rotatable bonds is 6. The second-order valence-electron chi connectivity index (χ2n) is 4.86. The van der Waals surface area contributed by atoms with Crippen LogP contribution in [-0.2, 0) is 0 Å². The molecule has 0 aromatic rings. The van der Waals surface area contributed by atoms with Gasteiger partial charge in [0.2, 0.25) is 0 Å². The Morgan fingerprint density at radius 2 is 1.93 bits per heavy atom. The SMILES string of the molecule is CCCCCC1CCC(NCC)C1C. The van der Waals surface area contributed by atoms with E-state index in [1.807, 2.05) is 0 Å². The summed E-state index contributed by atoms with van der Waals surface area (Å²) in [5.74, 6) is 1.91. The van der Waals surface area contributed by atoms with Crippen molar-refractivity contribution in [1.29, 1.82) is 0 Å². The van der Waals surface area contributed by atoms with Gasteiger partial charge in [0, 0.05) is 6.04 Å². The minimum absolute atomic E-state index is 0.812. The van der Waals surface area contributed by atoms with Gasteiger partial charge in [-0.3, -0.25) is 0 Å². The molecule has 0 bridgehead atoms. The van der Waals surface area contributed by atoms with Crippen molar-refractivity contribution >= 4 is 0 Å². The summed E-state index contributed by atoms with van der Waals surface area (Å²) in [6.07, 6.45) is 8.57. The minimum atomic E-state index is 0.812. The van der Waals surface area contributed by atoms with Crippen LogP contribution in [0.2, 0.25) is 0 Å². The van der Waals surface area contributed by atoms with E-state index in [9.17, 15) is 0 Å². The summed E-state index contributed by atoms with van der Waals surface area (Å²) >= 11 is 0. The van der Waals surface area contributed by atoms with E-state index in [2.05, 4.69) is 26.1 Å². The summed E-state index contributed by atoms with van der Waals surface area (Å²) in [6.45, 7) is 8.09. The van der Waals surface area contributed by atoms with Crippen LogP contribution >= 0.6 is 0 Å². The van der Waals surface area contributed by atoms with Crippen LogP contribution in [0.3, 0.4) is 0 Å². The molecule has 1 nitrogen and oxygen atoms in total. The number of hydrogen-bond acceptors (Lipinski definition) is 1. The molecule has 3 atom stereocenters. The lowest BCUT2D eigenvalue weighted by Gasteiger charge is -2.21. The van der Waals surface area contributed by atoms with Gasteiger partial charge in [0.05, 0.1) is 0 Å². The number of hydrogen-bond donors (Lipinski definition) is 1. The molecule has 0 aromatic carbocycles. The molecule has 1 saturated carbocycles. The highest BCUT2D eigenvalue weighted by Gasteiger charge is 2.31. The van der Waals surface area contributed by atoms with Crippen LogP contribution in [0.1, 0.15) is 59.3 Å². The van der Waals surface area contributed by atoms with Crippen molar-refractivity contribution in [2.24, 2.45) is 11.8 Å². The molecule has 1 aliphatic carbocycles. The largest absolute Gasteiger partial charge is 0.314 e. The van der Waals surface area contributed by atoms with Crippen LogP contribution < -0.4 is 5.32 Å². The third-order valence-corrected chi connectivity index (χ3v) is 3.87. The van der Waals surface area contributed by atoms with Crippen LogP contribution in [-0.4, -0.2) is 12.6 Å². The number of nitrogens with one attached hydrogen (secondary N) is 1. The quantitative estimate of drug-likeness (QED) is 0.642. The molecule has 14 heavy (non-hydrogen) atoms. The van der Waals surface area contributed by atoms with Gasteiger partial charge in [-0.1, -0.05) is 46.5 Å². The zero-order valence-electron chi connectivity index (χ0n) is 10.2. The van der Waals surface area contributed by atoms with Crippen molar-refractivity contribution in [3.05, 3.63) is 0 Å². The van der Waals surface area contributed by atoms with Gasteiger partial charge in [-0.2, -0.15) is 0 Å². The normalized spacial score (nSPS) is 32.4. The van der Waals surface area contributed by atoms with Crippen molar-refractivity contribution in [2.75, 3.05) is 6.54 Å². The van der Waals surface area contributed by atoms with Gasteiger partial charge in [0.25, 0.3) is 0 Å². The van der Waals surface area contributed by atoms with Crippen LogP contribution in [0.15, 0.2) is 0 Å². The first-order chi connectivity index (χ1) is 6.79. The van der Waals surface area contributed by atoms with Gasteiger partial charge in [0.1, 0.15) is 0 Å². The molecule has 1 heteroatoms. The van der Waals surface area contributed by atoms with E-state index >= 15 is 0 Å². The second-order valence-corrected chi connectivity index (χ2v) is 4.86. The van der Waals surface area contributed by atoms with E-state index in [-0.39, 0.29) is 0 Å². The van der Waals surface area contributed by atoms with Gasteiger partial charge < -0.3 is 5.32 Å². The molecule has 0 spiro atoms. The Hall–Kier alpha value is -0.0400. The molecule has 3 unspecified atom stereocenters. The summed E-state index contributed by atoms with van der Waals surface area (Å²) in [5, 5.41) is 3.61. The first-order valence-corrected chi connectivity index (χ1v) is 6.53. The molecule has 0 amide bonds. The zero-order valence-corrected chi connectivity index (χ0v) is 10.2. The van der Waals surface area contributed by atoms with Gasteiger partial charge in [-0.05, 0) is 31.2 Å². The van der Waals surface area contributed by atoms with Crippen LogP contribution in [0.4, 0.5) is 0 Å². The molecule has 0 radical (unpaired) electrons. The van der Waals surface area contributed by atoms with E-state index in [1.165, 1.54) is 38.5 Å². The standard InChI is InChI=1S/C13H27N/c1-4-6-7-8-12-9-10-13(11(12)3)14-5-2/h11-14H,4-10H2,1-3H3. The molecule has 84 valence electrons.